The number of aromatic nitrogens is 2. The van der Waals surface area contributed by atoms with Gasteiger partial charge in [0.15, 0.2) is 11.0 Å². The van der Waals surface area contributed by atoms with Crippen molar-refractivity contribution in [2.24, 2.45) is 0 Å². The lowest BCUT2D eigenvalue weighted by atomic mass is 10.3. The number of anilines is 2. The Kier molecular flexibility index (Phi) is 5.03. The van der Waals surface area contributed by atoms with Gasteiger partial charge in [0.05, 0.1) is 0 Å². The molecular formula is C12H12ClN5OS. The fourth-order valence-electron chi connectivity index (χ4n) is 1.36. The van der Waals surface area contributed by atoms with Crippen molar-refractivity contribution < 1.29 is 4.79 Å². The molecule has 104 valence electrons. The van der Waals surface area contributed by atoms with Gasteiger partial charge in [-0.15, -0.1) is 0 Å². The number of hydrazine groups is 1. The second kappa shape index (κ2) is 6.97. The van der Waals surface area contributed by atoms with Crippen LogP contribution in [-0.4, -0.2) is 22.3 Å². The molecule has 2 amide bonds. The third kappa shape index (κ3) is 4.29. The predicted molar refractivity (Wildman–Crippen MR) is 81.0 cm³/mol. The van der Waals surface area contributed by atoms with Gasteiger partial charge in [-0.25, -0.2) is 14.8 Å². The number of carbonyl (C=O) groups excluding carboxylic acids is 1. The second-order valence-corrected chi connectivity index (χ2v) is 4.79. The summed E-state index contributed by atoms with van der Waals surface area (Å²) >= 11 is 7.20. The van der Waals surface area contributed by atoms with Crippen LogP contribution in [-0.2, 0) is 0 Å². The van der Waals surface area contributed by atoms with E-state index in [9.17, 15) is 4.79 Å². The van der Waals surface area contributed by atoms with Gasteiger partial charge in [0.2, 0.25) is 0 Å². The van der Waals surface area contributed by atoms with Gasteiger partial charge in [0.25, 0.3) is 0 Å². The summed E-state index contributed by atoms with van der Waals surface area (Å²) in [6.45, 7) is 0. The van der Waals surface area contributed by atoms with Crippen molar-refractivity contribution in [1.82, 2.24) is 15.4 Å². The lowest BCUT2D eigenvalue weighted by molar-refractivity contribution is 0.254. The zero-order chi connectivity index (χ0) is 14.4. The first-order chi connectivity index (χ1) is 9.67. The van der Waals surface area contributed by atoms with Crippen molar-refractivity contribution in [3.8, 4) is 0 Å². The molecule has 0 atom stereocenters. The molecule has 0 spiro atoms. The number of hydrogen-bond acceptors (Lipinski definition) is 5. The Hall–Kier alpha value is -1.99. The molecule has 0 bridgehead atoms. The summed E-state index contributed by atoms with van der Waals surface area (Å²) < 4.78 is 0. The van der Waals surface area contributed by atoms with Crippen molar-refractivity contribution in [3.63, 3.8) is 0 Å². The van der Waals surface area contributed by atoms with Crippen LogP contribution in [0.15, 0.2) is 41.6 Å². The van der Waals surface area contributed by atoms with Gasteiger partial charge < -0.3 is 5.32 Å². The Morgan fingerprint density at radius 2 is 2.00 bits per heavy atom. The SMILES string of the molecule is CSc1nc(Cl)cc(NNC(=O)Nc2ccccc2)n1. The van der Waals surface area contributed by atoms with Crippen LogP contribution in [0, 0.1) is 0 Å². The Balaban J connectivity index is 1.92. The maximum atomic E-state index is 11.7. The molecule has 20 heavy (non-hydrogen) atoms. The van der Waals surface area contributed by atoms with E-state index < -0.39 is 6.03 Å². The highest BCUT2D eigenvalue weighted by molar-refractivity contribution is 7.98. The number of nitrogens with one attached hydrogen (secondary N) is 3. The van der Waals surface area contributed by atoms with Gasteiger partial charge >= 0.3 is 6.03 Å². The molecular weight excluding hydrogens is 298 g/mol. The molecule has 1 aromatic heterocycles. The predicted octanol–water partition coefficient (Wildman–Crippen LogP) is 3.00. The van der Waals surface area contributed by atoms with Crippen LogP contribution in [0.5, 0.6) is 0 Å². The maximum absolute atomic E-state index is 11.7. The summed E-state index contributed by atoms with van der Waals surface area (Å²) in [6.07, 6.45) is 1.84. The summed E-state index contributed by atoms with van der Waals surface area (Å²) in [5, 5.41) is 3.48. The Bertz CT molecular complexity index is 596. The van der Waals surface area contributed by atoms with Crippen LogP contribution in [0.2, 0.25) is 5.15 Å². The third-order valence-corrected chi connectivity index (χ3v) is 2.93. The fourth-order valence-corrected chi connectivity index (χ4v) is 1.97. The van der Waals surface area contributed by atoms with E-state index in [0.717, 1.165) is 0 Å². The molecule has 0 aliphatic heterocycles. The van der Waals surface area contributed by atoms with E-state index in [-0.39, 0.29) is 0 Å². The van der Waals surface area contributed by atoms with Gasteiger partial charge in [0.1, 0.15) is 5.15 Å². The van der Waals surface area contributed by atoms with Crippen LogP contribution in [0.25, 0.3) is 0 Å². The summed E-state index contributed by atoms with van der Waals surface area (Å²) in [7, 11) is 0. The van der Waals surface area contributed by atoms with Crippen molar-refractivity contribution in [2.75, 3.05) is 17.0 Å². The standard InChI is InChI=1S/C12H12ClN5OS/c1-20-12-15-9(13)7-10(16-12)17-18-11(19)14-8-5-3-2-4-6-8/h2-7H,1H3,(H2,14,18,19)(H,15,16,17). The molecule has 2 rings (SSSR count). The van der Waals surface area contributed by atoms with Gasteiger partial charge in [0, 0.05) is 11.8 Å². The Morgan fingerprint density at radius 3 is 2.70 bits per heavy atom. The van der Waals surface area contributed by atoms with Gasteiger partial charge in [-0.2, -0.15) is 0 Å². The van der Waals surface area contributed by atoms with Crippen LogP contribution >= 0.6 is 23.4 Å². The van der Waals surface area contributed by atoms with E-state index in [1.807, 2.05) is 24.5 Å². The fraction of sp³-hybridized carbons (Fsp3) is 0.0833. The number of urea groups is 1. The first kappa shape index (κ1) is 14.4. The van der Waals surface area contributed by atoms with E-state index in [0.29, 0.717) is 21.8 Å². The minimum atomic E-state index is -0.406. The first-order valence-corrected chi connectivity index (χ1v) is 7.24. The van der Waals surface area contributed by atoms with E-state index in [4.69, 9.17) is 11.6 Å². The summed E-state index contributed by atoms with van der Waals surface area (Å²) in [5.74, 6) is 0.414. The number of thioether (sulfide) groups is 1. The van der Waals surface area contributed by atoms with Crippen LogP contribution in [0.3, 0.4) is 0 Å². The van der Waals surface area contributed by atoms with Crippen molar-refractivity contribution in [2.45, 2.75) is 5.16 Å². The van der Waals surface area contributed by atoms with Crippen molar-refractivity contribution in [1.29, 1.82) is 0 Å². The van der Waals surface area contributed by atoms with E-state index in [2.05, 4.69) is 26.1 Å². The number of rotatable bonds is 4. The smallest absolute Gasteiger partial charge is 0.307 e. The molecule has 0 aliphatic carbocycles. The molecule has 0 saturated carbocycles. The topological polar surface area (TPSA) is 78.9 Å². The third-order valence-electron chi connectivity index (χ3n) is 2.19. The van der Waals surface area contributed by atoms with Gasteiger partial charge in [-0.05, 0) is 18.4 Å². The zero-order valence-electron chi connectivity index (χ0n) is 10.6. The zero-order valence-corrected chi connectivity index (χ0v) is 12.1. The minimum absolute atomic E-state index is 0.303. The number of nitrogens with zero attached hydrogens (tertiary/aromatic N) is 2. The van der Waals surface area contributed by atoms with Crippen LogP contribution in [0.4, 0.5) is 16.3 Å². The number of amides is 2. The Labute approximate surface area is 125 Å². The number of halogens is 1. The number of carbonyl (C=O) groups is 1. The first-order valence-electron chi connectivity index (χ1n) is 5.64. The second-order valence-electron chi connectivity index (χ2n) is 3.63. The van der Waals surface area contributed by atoms with Crippen molar-refractivity contribution >= 4 is 40.9 Å². The molecule has 1 aromatic carbocycles. The average molecular weight is 310 g/mol. The molecule has 8 heteroatoms. The van der Waals surface area contributed by atoms with Crippen LogP contribution in [0.1, 0.15) is 0 Å². The van der Waals surface area contributed by atoms with Gasteiger partial charge in [-0.1, -0.05) is 41.6 Å². The van der Waals surface area contributed by atoms with Crippen molar-refractivity contribution in [3.05, 3.63) is 41.6 Å². The molecule has 0 aliphatic rings. The number of para-hydroxylation sites is 1. The molecule has 6 nitrogen and oxygen atoms in total. The summed E-state index contributed by atoms with van der Waals surface area (Å²) in [4.78, 5) is 19.8. The number of hydrogen-bond donors (Lipinski definition) is 3. The molecule has 0 unspecified atom stereocenters. The lowest BCUT2D eigenvalue weighted by Crippen LogP contribution is -2.33. The molecule has 3 N–H and O–H groups in total. The average Bonchev–Trinajstić information content (AvgIpc) is 2.45. The molecule has 0 fully saturated rings. The van der Waals surface area contributed by atoms with E-state index >= 15 is 0 Å². The highest BCUT2D eigenvalue weighted by Crippen LogP contribution is 2.16. The van der Waals surface area contributed by atoms with Crippen LogP contribution < -0.4 is 16.2 Å². The maximum Gasteiger partial charge on any atom is 0.337 e. The highest BCUT2D eigenvalue weighted by atomic mass is 35.5. The monoisotopic (exact) mass is 309 g/mol. The normalized spacial score (nSPS) is 9.90. The largest absolute Gasteiger partial charge is 0.337 e. The quantitative estimate of drug-likeness (QED) is 0.350. The van der Waals surface area contributed by atoms with E-state index in [1.165, 1.54) is 17.8 Å². The highest BCUT2D eigenvalue weighted by Gasteiger charge is 2.04. The summed E-state index contributed by atoms with van der Waals surface area (Å²) in [6, 6.07) is 10.2. The lowest BCUT2D eigenvalue weighted by Gasteiger charge is -2.09. The molecule has 2 aromatic rings. The number of benzene rings is 1. The Morgan fingerprint density at radius 1 is 1.25 bits per heavy atom. The molecule has 0 radical (unpaired) electrons. The molecule has 1 heterocycles. The van der Waals surface area contributed by atoms with Gasteiger partial charge in [-0.3, -0.25) is 10.9 Å². The van der Waals surface area contributed by atoms with E-state index in [1.54, 1.807) is 12.1 Å². The minimum Gasteiger partial charge on any atom is -0.307 e. The summed E-state index contributed by atoms with van der Waals surface area (Å²) in [5.41, 5.74) is 5.83. The molecule has 0 saturated heterocycles.